The van der Waals surface area contributed by atoms with Gasteiger partial charge in [0.05, 0.1) is 0 Å². The van der Waals surface area contributed by atoms with Gasteiger partial charge in [-0.05, 0) is 31.1 Å². The lowest BCUT2D eigenvalue weighted by molar-refractivity contribution is -0.167. The fourth-order valence-electron chi connectivity index (χ4n) is 8.52. The average Bonchev–Trinajstić information content (AvgIpc) is 3.24. The van der Waals surface area contributed by atoms with Crippen molar-refractivity contribution in [2.75, 3.05) is 13.2 Å². The Bertz CT molecular complexity index is 947. The van der Waals surface area contributed by atoms with Crippen molar-refractivity contribution in [2.45, 2.75) is 317 Å². The Morgan fingerprint density at radius 3 is 0.790 bits per heavy atom. The van der Waals surface area contributed by atoms with Crippen LogP contribution in [-0.2, 0) is 28.6 Å². The summed E-state index contributed by atoms with van der Waals surface area (Å²) in [4.78, 5) is 38.0. The van der Waals surface area contributed by atoms with Crippen LogP contribution in [0.5, 0.6) is 0 Å². The van der Waals surface area contributed by atoms with Crippen LogP contribution in [0.15, 0.2) is 0 Å². The molecule has 0 aliphatic carbocycles. The van der Waals surface area contributed by atoms with Crippen LogP contribution in [0.2, 0.25) is 0 Å². The third kappa shape index (κ3) is 49.4. The van der Waals surface area contributed by atoms with Crippen LogP contribution < -0.4 is 0 Å². The predicted molar refractivity (Wildman–Crippen MR) is 266 cm³/mol. The molecule has 0 radical (unpaired) electrons. The molecule has 0 unspecified atom stereocenters. The molecule has 1 atom stereocenters. The summed E-state index contributed by atoms with van der Waals surface area (Å²) < 4.78 is 16.8. The minimum Gasteiger partial charge on any atom is -0.462 e. The van der Waals surface area contributed by atoms with Gasteiger partial charge in [-0.2, -0.15) is 0 Å². The zero-order chi connectivity index (χ0) is 45.4. The second-order valence-corrected chi connectivity index (χ2v) is 20.2. The summed E-state index contributed by atoms with van der Waals surface area (Å²) in [6.45, 7) is 11.3. The first-order valence-corrected chi connectivity index (χ1v) is 27.7. The molecule has 0 N–H and O–H groups in total. The Balaban J connectivity index is 4.20. The fourth-order valence-corrected chi connectivity index (χ4v) is 8.52. The van der Waals surface area contributed by atoms with E-state index >= 15 is 0 Å². The Morgan fingerprint density at radius 2 is 0.532 bits per heavy atom. The van der Waals surface area contributed by atoms with E-state index in [1.807, 2.05) is 0 Å². The van der Waals surface area contributed by atoms with E-state index in [9.17, 15) is 14.4 Å². The SMILES string of the molecule is CCCCCCCCCCCCCCCCCCCCC(=O)OC[C@@H](COC(=O)CCCCCCCCCCCCCCCCC(C)C)OC(=O)CCCCCCCCC(C)C. The van der Waals surface area contributed by atoms with Gasteiger partial charge in [-0.25, -0.2) is 0 Å². The fraction of sp³-hybridized carbons (Fsp3) is 0.946. The van der Waals surface area contributed by atoms with E-state index in [1.54, 1.807) is 0 Å². The van der Waals surface area contributed by atoms with E-state index in [0.29, 0.717) is 19.3 Å². The Labute approximate surface area is 387 Å². The van der Waals surface area contributed by atoms with E-state index in [4.69, 9.17) is 14.2 Å². The molecule has 0 fully saturated rings. The monoisotopic (exact) mass is 877 g/mol. The first-order chi connectivity index (χ1) is 30.2. The van der Waals surface area contributed by atoms with Crippen LogP contribution in [-0.4, -0.2) is 37.2 Å². The van der Waals surface area contributed by atoms with Crippen LogP contribution in [0.3, 0.4) is 0 Å². The van der Waals surface area contributed by atoms with Crippen molar-refractivity contribution >= 4 is 17.9 Å². The van der Waals surface area contributed by atoms with Crippen molar-refractivity contribution in [1.29, 1.82) is 0 Å². The summed E-state index contributed by atoms with van der Waals surface area (Å²) in [5.41, 5.74) is 0. The van der Waals surface area contributed by atoms with Crippen molar-refractivity contribution in [1.82, 2.24) is 0 Å². The predicted octanol–water partition coefficient (Wildman–Crippen LogP) is 18.1. The lowest BCUT2D eigenvalue weighted by Gasteiger charge is -2.18. The van der Waals surface area contributed by atoms with Gasteiger partial charge in [0.2, 0.25) is 0 Å². The molecule has 0 bridgehead atoms. The summed E-state index contributed by atoms with van der Waals surface area (Å²) in [6, 6.07) is 0. The number of carbonyl (C=O) groups excluding carboxylic acids is 3. The molecule has 368 valence electrons. The molecular formula is C56H108O6. The summed E-state index contributed by atoms with van der Waals surface area (Å²) in [5.74, 6) is 0.754. The summed E-state index contributed by atoms with van der Waals surface area (Å²) >= 11 is 0. The van der Waals surface area contributed by atoms with Crippen molar-refractivity contribution in [3.05, 3.63) is 0 Å². The maximum absolute atomic E-state index is 12.7. The molecule has 0 rings (SSSR count). The largest absolute Gasteiger partial charge is 0.462 e. The minimum absolute atomic E-state index is 0.0643. The molecule has 6 nitrogen and oxygen atoms in total. The maximum atomic E-state index is 12.7. The van der Waals surface area contributed by atoms with Crippen LogP contribution >= 0.6 is 0 Å². The molecule has 0 aromatic heterocycles. The normalized spacial score (nSPS) is 12.0. The third-order valence-corrected chi connectivity index (χ3v) is 12.7. The second kappa shape index (κ2) is 48.9. The van der Waals surface area contributed by atoms with Crippen molar-refractivity contribution in [3.63, 3.8) is 0 Å². The second-order valence-electron chi connectivity index (χ2n) is 20.2. The van der Waals surface area contributed by atoms with Crippen LogP contribution in [0.4, 0.5) is 0 Å². The Kier molecular flexibility index (Phi) is 47.6. The van der Waals surface area contributed by atoms with Gasteiger partial charge in [-0.1, -0.05) is 272 Å². The summed E-state index contributed by atoms with van der Waals surface area (Å²) in [5, 5.41) is 0. The highest BCUT2D eigenvalue weighted by molar-refractivity contribution is 5.71. The molecule has 0 aromatic carbocycles. The first-order valence-electron chi connectivity index (χ1n) is 27.7. The zero-order valence-electron chi connectivity index (χ0n) is 42.5. The van der Waals surface area contributed by atoms with Gasteiger partial charge in [0.1, 0.15) is 13.2 Å². The molecule has 0 aliphatic rings. The number of esters is 3. The van der Waals surface area contributed by atoms with Crippen LogP contribution in [0, 0.1) is 11.8 Å². The van der Waals surface area contributed by atoms with Crippen LogP contribution in [0.1, 0.15) is 311 Å². The molecule has 0 saturated carbocycles. The topological polar surface area (TPSA) is 78.9 Å². The quantitative estimate of drug-likeness (QED) is 0.0344. The minimum atomic E-state index is -0.763. The molecule has 0 aromatic rings. The molecule has 0 saturated heterocycles. The maximum Gasteiger partial charge on any atom is 0.306 e. The Morgan fingerprint density at radius 1 is 0.306 bits per heavy atom. The molecule has 0 spiro atoms. The summed E-state index contributed by atoms with van der Waals surface area (Å²) in [6.07, 6.45) is 51.1. The Hall–Kier alpha value is -1.59. The van der Waals surface area contributed by atoms with Gasteiger partial charge in [0.25, 0.3) is 0 Å². The standard InChI is InChI=1S/C56H108O6/c1-6-7-8-9-10-11-12-13-14-15-16-17-21-24-27-30-36-41-46-54(57)60-49-53(62-56(59)48-43-38-33-32-35-40-45-52(4)5)50-61-55(58)47-42-37-31-28-25-22-19-18-20-23-26-29-34-39-44-51(2)3/h51-53H,6-50H2,1-5H3/t53-/m0/s1. The molecular weight excluding hydrogens is 769 g/mol. The van der Waals surface area contributed by atoms with Gasteiger partial charge in [-0.3, -0.25) is 14.4 Å². The van der Waals surface area contributed by atoms with Gasteiger partial charge >= 0.3 is 17.9 Å². The lowest BCUT2D eigenvalue weighted by Crippen LogP contribution is -2.30. The smallest absolute Gasteiger partial charge is 0.306 e. The van der Waals surface area contributed by atoms with E-state index < -0.39 is 6.10 Å². The number of unbranched alkanes of at least 4 members (excludes halogenated alkanes) is 35. The number of hydrogen-bond acceptors (Lipinski definition) is 6. The number of carbonyl (C=O) groups is 3. The lowest BCUT2D eigenvalue weighted by atomic mass is 10.0. The van der Waals surface area contributed by atoms with E-state index in [1.165, 1.54) is 199 Å². The summed E-state index contributed by atoms with van der Waals surface area (Å²) in [7, 11) is 0. The highest BCUT2D eigenvalue weighted by atomic mass is 16.6. The molecule has 0 aliphatic heterocycles. The number of ether oxygens (including phenoxy) is 3. The van der Waals surface area contributed by atoms with Crippen molar-refractivity contribution < 1.29 is 28.6 Å². The zero-order valence-corrected chi connectivity index (χ0v) is 42.5. The van der Waals surface area contributed by atoms with Gasteiger partial charge in [0.15, 0.2) is 6.10 Å². The molecule has 0 amide bonds. The number of rotatable bonds is 50. The van der Waals surface area contributed by atoms with Gasteiger partial charge in [0, 0.05) is 19.3 Å². The van der Waals surface area contributed by atoms with E-state index in [2.05, 4.69) is 34.6 Å². The van der Waals surface area contributed by atoms with E-state index in [-0.39, 0.29) is 31.1 Å². The van der Waals surface area contributed by atoms with Crippen LogP contribution in [0.25, 0.3) is 0 Å². The molecule has 6 heteroatoms. The molecule has 0 heterocycles. The third-order valence-electron chi connectivity index (χ3n) is 12.7. The highest BCUT2D eigenvalue weighted by Gasteiger charge is 2.19. The average molecular weight is 877 g/mol. The highest BCUT2D eigenvalue weighted by Crippen LogP contribution is 2.18. The van der Waals surface area contributed by atoms with Crippen molar-refractivity contribution in [3.8, 4) is 0 Å². The van der Waals surface area contributed by atoms with Gasteiger partial charge in [-0.15, -0.1) is 0 Å². The molecule has 62 heavy (non-hydrogen) atoms. The first kappa shape index (κ1) is 60.4. The van der Waals surface area contributed by atoms with Crippen molar-refractivity contribution in [2.24, 2.45) is 11.8 Å². The number of hydrogen-bond donors (Lipinski definition) is 0. The van der Waals surface area contributed by atoms with Gasteiger partial charge < -0.3 is 14.2 Å². The van der Waals surface area contributed by atoms with E-state index in [0.717, 1.165) is 69.6 Å².